The third kappa shape index (κ3) is 3.03. The molecule has 1 heterocycles. The first kappa shape index (κ1) is 12.7. The smallest absolute Gasteiger partial charge is 0.0983 e. The van der Waals surface area contributed by atoms with Crippen LogP contribution in [0.4, 0.5) is 0 Å². The summed E-state index contributed by atoms with van der Waals surface area (Å²) in [6.45, 7) is 7.32. The van der Waals surface area contributed by atoms with E-state index in [1.54, 1.807) is 7.11 Å². The lowest BCUT2D eigenvalue weighted by molar-refractivity contribution is -0.151. The molecule has 1 N–H and O–H groups in total. The number of aliphatic hydroxyl groups is 1. The van der Waals surface area contributed by atoms with Crippen molar-refractivity contribution in [2.24, 2.45) is 0 Å². The zero-order valence-corrected chi connectivity index (χ0v) is 9.79. The quantitative estimate of drug-likeness (QED) is 0.710. The highest BCUT2D eigenvalue weighted by molar-refractivity contribution is 5.01. The van der Waals surface area contributed by atoms with Gasteiger partial charge in [-0.25, -0.2) is 0 Å². The van der Waals surface area contributed by atoms with Crippen LogP contribution in [0, 0.1) is 0 Å². The van der Waals surface area contributed by atoms with E-state index in [-0.39, 0.29) is 0 Å². The highest BCUT2D eigenvalue weighted by atomic mass is 16.5. The van der Waals surface area contributed by atoms with Gasteiger partial charge in [-0.05, 0) is 12.8 Å². The van der Waals surface area contributed by atoms with Crippen molar-refractivity contribution in [3.63, 3.8) is 0 Å². The maximum absolute atomic E-state index is 10.2. The van der Waals surface area contributed by atoms with Gasteiger partial charge in [0.15, 0.2) is 0 Å². The highest BCUT2D eigenvalue weighted by Crippen LogP contribution is 2.31. The van der Waals surface area contributed by atoms with E-state index in [0.29, 0.717) is 19.6 Å². The molecular formula is C12H22O3. The average molecular weight is 214 g/mol. The fourth-order valence-electron chi connectivity index (χ4n) is 1.99. The van der Waals surface area contributed by atoms with Crippen LogP contribution < -0.4 is 0 Å². The predicted molar refractivity (Wildman–Crippen MR) is 59.8 cm³/mol. The number of rotatable bonds is 5. The third-order valence-corrected chi connectivity index (χ3v) is 3.33. The standard InChI is InChI=1S/C12H22O3/c1-4-10(2)9-11(13)12(14-3)5-7-15-8-6-12/h11,13H,2,4-9H2,1,3H3. The molecule has 0 aromatic rings. The van der Waals surface area contributed by atoms with Gasteiger partial charge in [-0.15, -0.1) is 0 Å². The van der Waals surface area contributed by atoms with Gasteiger partial charge >= 0.3 is 0 Å². The fraction of sp³-hybridized carbons (Fsp3) is 0.833. The van der Waals surface area contributed by atoms with Gasteiger partial charge in [0.25, 0.3) is 0 Å². The average Bonchev–Trinajstić information content (AvgIpc) is 2.29. The molecule has 1 unspecified atom stereocenters. The third-order valence-electron chi connectivity index (χ3n) is 3.33. The molecule has 1 aliphatic heterocycles. The van der Waals surface area contributed by atoms with E-state index < -0.39 is 11.7 Å². The Hall–Kier alpha value is -0.380. The van der Waals surface area contributed by atoms with Gasteiger partial charge in [0.1, 0.15) is 0 Å². The van der Waals surface area contributed by atoms with Crippen molar-refractivity contribution in [1.29, 1.82) is 0 Å². The van der Waals surface area contributed by atoms with Crippen molar-refractivity contribution >= 4 is 0 Å². The van der Waals surface area contributed by atoms with Gasteiger partial charge in [0.2, 0.25) is 0 Å². The van der Waals surface area contributed by atoms with Crippen LogP contribution in [-0.2, 0) is 9.47 Å². The Balaban J connectivity index is 2.59. The Kier molecular flexibility index (Phi) is 4.77. The molecule has 0 bridgehead atoms. The summed E-state index contributed by atoms with van der Waals surface area (Å²) in [5.74, 6) is 0. The molecule has 1 aliphatic rings. The van der Waals surface area contributed by atoms with Crippen molar-refractivity contribution in [1.82, 2.24) is 0 Å². The number of methoxy groups -OCH3 is 1. The van der Waals surface area contributed by atoms with E-state index in [1.165, 1.54) is 0 Å². The Bertz CT molecular complexity index is 207. The summed E-state index contributed by atoms with van der Waals surface area (Å²) < 4.78 is 10.8. The Labute approximate surface area is 92.1 Å². The molecule has 1 fully saturated rings. The predicted octanol–water partition coefficient (Wildman–Crippen LogP) is 1.90. The molecule has 0 amide bonds. The fourth-order valence-corrected chi connectivity index (χ4v) is 1.99. The number of ether oxygens (including phenoxy) is 2. The monoisotopic (exact) mass is 214 g/mol. The number of aliphatic hydroxyl groups excluding tert-OH is 1. The van der Waals surface area contributed by atoms with Crippen LogP contribution in [0.5, 0.6) is 0 Å². The van der Waals surface area contributed by atoms with Gasteiger partial charge in [-0.2, -0.15) is 0 Å². The van der Waals surface area contributed by atoms with Crippen molar-refractivity contribution < 1.29 is 14.6 Å². The summed E-state index contributed by atoms with van der Waals surface area (Å²) in [6, 6.07) is 0. The second-order valence-corrected chi connectivity index (χ2v) is 4.20. The zero-order chi connectivity index (χ0) is 11.3. The lowest BCUT2D eigenvalue weighted by Crippen LogP contribution is -2.48. The van der Waals surface area contributed by atoms with Crippen LogP contribution in [0.1, 0.15) is 32.6 Å². The lowest BCUT2D eigenvalue weighted by atomic mass is 9.84. The van der Waals surface area contributed by atoms with Crippen molar-refractivity contribution in [3.05, 3.63) is 12.2 Å². The van der Waals surface area contributed by atoms with E-state index >= 15 is 0 Å². The minimum atomic E-state index is -0.459. The SMILES string of the molecule is C=C(CC)CC(O)C1(OC)CCOCC1. The highest BCUT2D eigenvalue weighted by Gasteiger charge is 2.39. The summed E-state index contributed by atoms with van der Waals surface area (Å²) >= 11 is 0. The second kappa shape index (κ2) is 5.64. The summed E-state index contributed by atoms with van der Waals surface area (Å²) in [5, 5.41) is 10.2. The molecule has 3 nitrogen and oxygen atoms in total. The lowest BCUT2D eigenvalue weighted by Gasteiger charge is -2.40. The molecule has 0 radical (unpaired) electrons. The van der Waals surface area contributed by atoms with Crippen molar-refractivity contribution in [2.45, 2.75) is 44.3 Å². The maximum Gasteiger partial charge on any atom is 0.0983 e. The number of hydrogen-bond acceptors (Lipinski definition) is 3. The number of hydrogen-bond donors (Lipinski definition) is 1. The van der Waals surface area contributed by atoms with Gasteiger partial charge in [-0.3, -0.25) is 0 Å². The minimum Gasteiger partial charge on any atom is -0.390 e. The first-order valence-electron chi connectivity index (χ1n) is 5.62. The maximum atomic E-state index is 10.2. The second-order valence-electron chi connectivity index (χ2n) is 4.20. The molecule has 0 aliphatic carbocycles. The molecular weight excluding hydrogens is 192 g/mol. The topological polar surface area (TPSA) is 38.7 Å². The molecule has 1 rings (SSSR count). The van der Waals surface area contributed by atoms with Gasteiger partial charge in [0, 0.05) is 33.2 Å². The molecule has 0 spiro atoms. The first-order valence-corrected chi connectivity index (χ1v) is 5.62. The van der Waals surface area contributed by atoms with E-state index in [4.69, 9.17) is 9.47 Å². The largest absolute Gasteiger partial charge is 0.390 e. The van der Waals surface area contributed by atoms with Crippen LogP contribution in [0.25, 0.3) is 0 Å². The molecule has 1 atom stereocenters. The van der Waals surface area contributed by atoms with Crippen LogP contribution in [-0.4, -0.2) is 37.1 Å². The van der Waals surface area contributed by atoms with E-state index in [1.807, 2.05) is 0 Å². The summed E-state index contributed by atoms with van der Waals surface area (Å²) in [7, 11) is 1.67. The van der Waals surface area contributed by atoms with Gasteiger partial charge in [-0.1, -0.05) is 19.1 Å². The van der Waals surface area contributed by atoms with Crippen LogP contribution in [0.3, 0.4) is 0 Å². The van der Waals surface area contributed by atoms with Gasteiger partial charge < -0.3 is 14.6 Å². The van der Waals surface area contributed by atoms with E-state index in [0.717, 1.165) is 24.8 Å². The van der Waals surface area contributed by atoms with Crippen LogP contribution in [0.15, 0.2) is 12.2 Å². The Morgan fingerprint density at radius 3 is 2.60 bits per heavy atom. The van der Waals surface area contributed by atoms with Crippen molar-refractivity contribution in [2.75, 3.05) is 20.3 Å². The Morgan fingerprint density at radius 2 is 2.13 bits per heavy atom. The first-order chi connectivity index (χ1) is 7.14. The van der Waals surface area contributed by atoms with Crippen LogP contribution in [0.2, 0.25) is 0 Å². The van der Waals surface area contributed by atoms with Crippen molar-refractivity contribution in [3.8, 4) is 0 Å². The summed E-state index contributed by atoms with van der Waals surface area (Å²) in [6.07, 6.45) is 2.61. The molecule has 0 saturated carbocycles. The molecule has 3 heteroatoms. The molecule has 1 saturated heterocycles. The van der Waals surface area contributed by atoms with Crippen LogP contribution >= 0.6 is 0 Å². The molecule has 88 valence electrons. The van der Waals surface area contributed by atoms with E-state index in [2.05, 4.69) is 13.5 Å². The minimum absolute atomic E-state index is 0.420. The zero-order valence-electron chi connectivity index (χ0n) is 9.79. The normalized spacial score (nSPS) is 22.3. The molecule has 15 heavy (non-hydrogen) atoms. The molecule has 0 aromatic heterocycles. The summed E-state index contributed by atoms with van der Waals surface area (Å²) in [4.78, 5) is 0. The Morgan fingerprint density at radius 1 is 1.53 bits per heavy atom. The summed E-state index contributed by atoms with van der Waals surface area (Å²) in [5.41, 5.74) is 0.654. The van der Waals surface area contributed by atoms with E-state index in [9.17, 15) is 5.11 Å². The van der Waals surface area contributed by atoms with Gasteiger partial charge in [0.05, 0.1) is 11.7 Å². The molecule has 0 aromatic carbocycles.